The predicted octanol–water partition coefficient (Wildman–Crippen LogP) is 2.97. The fourth-order valence-electron chi connectivity index (χ4n) is 2.02. The topological polar surface area (TPSA) is 59.1 Å². The number of hydrogen-bond donors (Lipinski definition) is 0. The van der Waals surface area contributed by atoms with Crippen LogP contribution in [0.3, 0.4) is 0 Å². The first-order valence-corrected chi connectivity index (χ1v) is 8.23. The van der Waals surface area contributed by atoms with Crippen molar-refractivity contribution >= 4 is 12.2 Å². The SMILES string of the molecule is CC(C)CCOC(=O)N1CCN(C(=O)OCCC(C)C)CC1. The highest BCUT2D eigenvalue weighted by Gasteiger charge is 2.25. The van der Waals surface area contributed by atoms with E-state index in [2.05, 4.69) is 27.7 Å². The number of rotatable bonds is 6. The monoisotopic (exact) mass is 314 g/mol. The van der Waals surface area contributed by atoms with Crippen LogP contribution in [0.2, 0.25) is 0 Å². The van der Waals surface area contributed by atoms with Crippen LogP contribution in [0.15, 0.2) is 0 Å². The molecule has 0 aliphatic carbocycles. The summed E-state index contributed by atoms with van der Waals surface area (Å²) in [5.74, 6) is 1.04. The average molecular weight is 314 g/mol. The molecule has 1 aliphatic rings. The molecule has 0 aromatic heterocycles. The van der Waals surface area contributed by atoms with E-state index in [1.807, 2.05) is 0 Å². The molecule has 1 saturated heterocycles. The Bertz CT molecular complexity index is 316. The van der Waals surface area contributed by atoms with Crippen LogP contribution in [-0.4, -0.2) is 61.4 Å². The van der Waals surface area contributed by atoms with E-state index in [9.17, 15) is 9.59 Å². The highest BCUT2D eigenvalue weighted by Crippen LogP contribution is 2.08. The third-order valence-electron chi connectivity index (χ3n) is 3.64. The van der Waals surface area contributed by atoms with Gasteiger partial charge in [0.1, 0.15) is 0 Å². The van der Waals surface area contributed by atoms with Crippen molar-refractivity contribution in [2.45, 2.75) is 40.5 Å². The number of amides is 2. The Balaban J connectivity index is 2.22. The molecule has 0 aromatic rings. The molecule has 2 amide bonds. The molecule has 6 nitrogen and oxygen atoms in total. The Hall–Kier alpha value is -1.46. The van der Waals surface area contributed by atoms with Gasteiger partial charge in [-0.05, 0) is 24.7 Å². The maximum absolute atomic E-state index is 11.9. The molecule has 1 fully saturated rings. The molecule has 1 rings (SSSR count). The van der Waals surface area contributed by atoms with Gasteiger partial charge in [-0.2, -0.15) is 0 Å². The highest BCUT2D eigenvalue weighted by molar-refractivity contribution is 5.70. The van der Waals surface area contributed by atoms with Crippen LogP contribution in [0.5, 0.6) is 0 Å². The second kappa shape index (κ2) is 9.54. The molecule has 0 radical (unpaired) electrons. The lowest BCUT2D eigenvalue weighted by molar-refractivity contribution is 0.0578. The van der Waals surface area contributed by atoms with Crippen molar-refractivity contribution in [3.63, 3.8) is 0 Å². The average Bonchev–Trinajstić information content (AvgIpc) is 2.46. The van der Waals surface area contributed by atoms with Crippen LogP contribution in [-0.2, 0) is 9.47 Å². The summed E-state index contributed by atoms with van der Waals surface area (Å²) in [6, 6.07) is 0. The first-order chi connectivity index (χ1) is 10.4. The summed E-state index contributed by atoms with van der Waals surface area (Å²) in [7, 11) is 0. The summed E-state index contributed by atoms with van der Waals surface area (Å²) in [6.07, 6.45) is 1.17. The third kappa shape index (κ3) is 7.00. The molecule has 0 atom stereocenters. The Morgan fingerprint density at radius 3 is 1.36 bits per heavy atom. The van der Waals surface area contributed by atoms with E-state index in [0.29, 0.717) is 51.2 Å². The standard InChI is InChI=1S/C16H30N2O4/c1-13(2)5-11-21-15(19)17-7-9-18(10-8-17)16(20)22-12-6-14(3)4/h13-14H,5-12H2,1-4H3. The minimum Gasteiger partial charge on any atom is -0.449 e. The van der Waals surface area contributed by atoms with Gasteiger partial charge in [-0.15, -0.1) is 0 Å². The lowest BCUT2D eigenvalue weighted by Crippen LogP contribution is -2.51. The van der Waals surface area contributed by atoms with E-state index >= 15 is 0 Å². The summed E-state index contributed by atoms with van der Waals surface area (Å²) in [5, 5.41) is 0. The third-order valence-corrected chi connectivity index (χ3v) is 3.64. The summed E-state index contributed by atoms with van der Waals surface area (Å²) in [6.45, 7) is 11.3. The summed E-state index contributed by atoms with van der Waals surface area (Å²) in [4.78, 5) is 27.0. The van der Waals surface area contributed by atoms with Crippen LogP contribution < -0.4 is 0 Å². The molecule has 0 saturated carbocycles. The maximum Gasteiger partial charge on any atom is 0.409 e. The van der Waals surface area contributed by atoms with E-state index in [1.54, 1.807) is 9.80 Å². The zero-order valence-electron chi connectivity index (χ0n) is 14.3. The van der Waals surface area contributed by atoms with Crippen molar-refractivity contribution in [2.24, 2.45) is 11.8 Å². The summed E-state index contributed by atoms with van der Waals surface area (Å²) >= 11 is 0. The molecule has 6 heteroatoms. The van der Waals surface area contributed by atoms with Crippen LogP contribution in [0.1, 0.15) is 40.5 Å². The molecular formula is C16H30N2O4. The van der Waals surface area contributed by atoms with Crippen molar-refractivity contribution in [3.8, 4) is 0 Å². The molecule has 0 unspecified atom stereocenters. The minimum absolute atomic E-state index is 0.284. The van der Waals surface area contributed by atoms with Crippen molar-refractivity contribution in [1.29, 1.82) is 0 Å². The van der Waals surface area contributed by atoms with Crippen molar-refractivity contribution in [3.05, 3.63) is 0 Å². The maximum atomic E-state index is 11.9. The van der Waals surface area contributed by atoms with E-state index in [-0.39, 0.29) is 12.2 Å². The van der Waals surface area contributed by atoms with Gasteiger partial charge in [0.05, 0.1) is 13.2 Å². The Morgan fingerprint density at radius 2 is 1.09 bits per heavy atom. The lowest BCUT2D eigenvalue weighted by Gasteiger charge is -2.33. The lowest BCUT2D eigenvalue weighted by atomic mass is 10.1. The first-order valence-electron chi connectivity index (χ1n) is 8.23. The fourth-order valence-corrected chi connectivity index (χ4v) is 2.02. The van der Waals surface area contributed by atoms with Gasteiger partial charge >= 0.3 is 12.2 Å². The minimum atomic E-state index is -0.284. The molecule has 0 bridgehead atoms. The number of carbonyl (C=O) groups is 2. The number of piperazine rings is 1. The Morgan fingerprint density at radius 1 is 0.773 bits per heavy atom. The van der Waals surface area contributed by atoms with Gasteiger partial charge in [0.2, 0.25) is 0 Å². The number of carbonyl (C=O) groups excluding carboxylic acids is 2. The van der Waals surface area contributed by atoms with Gasteiger partial charge < -0.3 is 19.3 Å². The van der Waals surface area contributed by atoms with Crippen LogP contribution in [0.25, 0.3) is 0 Å². The van der Waals surface area contributed by atoms with Gasteiger partial charge in [-0.1, -0.05) is 27.7 Å². The van der Waals surface area contributed by atoms with Gasteiger partial charge in [0.15, 0.2) is 0 Å². The molecule has 1 aliphatic heterocycles. The first kappa shape index (κ1) is 18.6. The van der Waals surface area contributed by atoms with Crippen LogP contribution in [0, 0.1) is 11.8 Å². The molecule has 22 heavy (non-hydrogen) atoms. The molecule has 0 N–H and O–H groups in total. The van der Waals surface area contributed by atoms with Crippen LogP contribution >= 0.6 is 0 Å². The van der Waals surface area contributed by atoms with Crippen molar-refractivity contribution in [1.82, 2.24) is 9.80 Å². The van der Waals surface area contributed by atoms with Gasteiger partial charge in [0, 0.05) is 26.2 Å². The number of ether oxygens (including phenoxy) is 2. The van der Waals surface area contributed by atoms with Crippen molar-refractivity contribution < 1.29 is 19.1 Å². The summed E-state index contributed by atoms with van der Waals surface area (Å²) < 4.78 is 10.5. The van der Waals surface area contributed by atoms with E-state index in [1.165, 1.54) is 0 Å². The van der Waals surface area contributed by atoms with Gasteiger partial charge in [0.25, 0.3) is 0 Å². The number of nitrogens with zero attached hydrogens (tertiary/aromatic N) is 2. The smallest absolute Gasteiger partial charge is 0.409 e. The summed E-state index contributed by atoms with van der Waals surface area (Å²) in [5.41, 5.74) is 0. The zero-order chi connectivity index (χ0) is 16.5. The van der Waals surface area contributed by atoms with Crippen LogP contribution in [0.4, 0.5) is 9.59 Å². The van der Waals surface area contributed by atoms with E-state index in [4.69, 9.17) is 9.47 Å². The Kier molecular flexibility index (Phi) is 8.06. The second-order valence-electron chi connectivity index (χ2n) is 6.57. The molecule has 0 aromatic carbocycles. The molecule has 1 heterocycles. The predicted molar refractivity (Wildman–Crippen MR) is 84.8 cm³/mol. The van der Waals surface area contributed by atoms with Crippen molar-refractivity contribution in [2.75, 3.05) is 39.4 Å². The Labute approximate surface area is 133 Å². The molecule has 128 valence electrons. The second-order valence-corrected chi connectivity index (χ2v) is 6.57. The van der Waals surface area contributed by atoms with E-state index < -0.39 is 0 Å². The zero-order valence-corrected chi connectivity index (χ0v) is 14.3. The largest absolute Gasteiger partial charge is 0.449 e. The number of hydrogen-bond acceptors (Lipinski definition) is 4. The normalized spacial score (nSPS) is 15.4. The fraction of sp³-hybridized carbons (Fsp3) is 0.875. The van der Waals surface area contributed by atoms with E-state index in [0.717, 1.165) is 12.8 Å². The van der Waals surface area contributed by atoms with Gasteiger partial charge in [-0.3, -0.25) is 0 Å². The quantitative estimate of drug-likeness (QED) is 0.756. The highest BCUT2D eigenvalue weighted by atomic mass is 16.6. The molecule has 0 spiro atoms. The molecular weight excluding hydrogens is 284 g/mol. The van der Waals surface area contributed by atoms with Gasteiger partial charge in [-0.25, -0.2) is 9.59 Å².